The molecule has 1 heterocycles. The van der Waals surface area contributed by atoms with Gasteiger partial charge in [0.1, 0.15) is 12.4 Å². The summed E-state index contributed by atoms with van der Waals surface area (Å²) in [5.41, 5.74) is 4.21. The van der Waals surface area contributed by atoms with Crippen molar-refractivity contribution in [3.8, 4) is 11.3 Å². The van der Waals surface area contributed by atoms with Crippen LogP contribution in [-0.2, 0) is 16.1 Å². The number of hydrogen-bond acceptors (Lipinski definition) is 5. The number of urea groups is 1. The molecule has 0 saturated carbocycles. The highest BCUT2D eigenvalue weighted by atomic mass is 35.5. The van der Waals surface area contributed by atoms with Crippen molar-refractivity contribution in [2.45, 2.75) is 39.8 Å². The number of nitrogens with zero attached hydrogens (tertiary/aromatic N) is 2. The number of likely N-dealkylation sites (N-methyl/N-ethyl adjacent to an activating group) is 1. The third-order valence-electron chi connectivity index (χ3n) is 5.55. The van der Waals surface area contributed by atoms with E-state index in [1.165, 1.54) is 31.0 Å². The topological polar surface area (TPSA) is 99.3 Å². The average Bonchev–Trinajstić information content (AvgIpc) is 3.32. The van der Waals surface area contributed by atoms with Gasteiger partial charge in [0.05, 0.1) is 18.3 Å². The molecule has 8 nitrogen and oxygen atoms in total. The number of alkyl halides is 2. The molecular weight excluding hydrogens is 535 g/mol. The molecule has 3 N–H and O–H groups in total. The number of ether oxygens (including phenoxy) is 1. The van der Waals surface area contributed by atoms with Gasteiger partial charge in [-0.05, 0) is 43.2 Å². The number of amides is 2. The van der Waals surface area contributed by atoms with Crippen LogP contribution >= 0.6 is 11.6 Å². The predicted octanol–water partition coefficient (Wildman–Crippen LogP) is 5.10. The fourth-order valence-corrected chi connectivity index (χ4v) is 3.59. The van der Waals surface area contributed by atoms with Gasteiger partial charge in [-0.1, -0.05) is 41.9 Å². The van der Waals surface area contributed by atoms with Gasteiger partial charge in [0, 0.05) is 43.3 Å². The maximum atomic E-state index is 12.8. The fourth-order valence-electron chi connectivity index (χ4n) is 3.40. The zero-order valence-electron chi connectivity index (χ0n) is 22.2. The molecule has 0 radical (unpaired) electrons. The van der Waals surface area contributed by atoms with Crippen LogP contribution in [0.4, 0.5) is 18.0 Å². The van der Waals surface area contributed by atoms with Crippen molar-refractivity contribution in [3.63, 3.8) is 0 Å². The average molecular weight is 568 g/mol. The van der Waals surface area contributed by atoms with Crippen LogP contribution in [0.1, 0.15) is 23.7 Å². The first-order valence-electron chi connectivity index (χ1n) is 12.1. The lowest BCUT2D eigenvalue weighted by Crippen LogP contribution is -2.50. The van der Waals surface area contributed by atoms with Crippen molar-refractivity contribution >= 4 is 23.6 Å². The van der Waals surface area contributed by atoms with Crippen molar-refractivity contribution in [2.75, 3.05) is 26.7 Å². The minimum atomic E-state index is -2.51. The Morgan fingerprint density at radius 2 is 1.85 bits per heavy atom. The van der Waals surface area contributed by atoms with Gasteiger partial charge in [-0.3, -0.25) is 9.89 Å². The van der Waals surface area contributed by atoms with Gasteiger partial charge in [-0.15, -0.1) is 0 Å². The number of rotatable bonds is 10. The lowest BCUT2D eigenvalue weighted by molar-refractivity contribution is -0.142. The fraction of sp³-hybridized carbons (Fsp3) is 0.370. The number of aromatic nitrogens is 2. The Hall–Kier alpha value is -3.57. The van der Waals surface area contributed by atoms with Gasteiger partial charge in [0.2, 0.25) is 0 Å². The molecule has 1 atom stereocenters. The van der Waals surface area contributed by atoms with E-state index in [9.17, 15) is 22.8 Å². The van der Waals surface area contributed by atoms with Crippen LogP contribution in [0.2, 0.25) is 5.02 Å². The summed E-state index contributed by atoms with van der Waals surface area (Å²) in [4.78, 5) is 24.7. The normalized spacial score (nSPS) is 11.4. The molecule has 0 spiro atoms. The Balaban J connectivity index is 0.000000338. The molecule has 1 aromatic heterocycles. The molecule has 212 valence electrons. The van der Waals surface area contributed by atoms with Crippen molar-refractivity contribution in [3.05, 3.63) is 76.2 Å². The van der Waals surface area contributed by atoms with E-state index in [1.54, 1.807) is 12.1 Å². The summed E-state index contributed by atoms with van der Waals surface area (Å²) in [6.07, 6.45) is -2.51. The van der Waals surface area contributed by atoms with Gasteiger partial charge in [-0.25, -0.2) is 18.0 Å². The van der Waals surface area contributed by atoms with Gasteiger partial charge in [0.25, 0.3) is 6.43 Å². The summed E-state index contributed by atoms with van der Waals surface area (Å²) in [5.74, 6) is -0.748. The van der Waals surface area contributed by atoms with E-state index in [-0.39, 0.29) is 25.5 Å². The second-order valence-corrected chi connectivity index (χ2v) is 9.15. The highest BCUT2D eigenvalue weighted by molar-refractivity contribution is 6.32. The van der Waals surface area contributed by atoms with Gasteiger partial charge in [0.15, 0.2) is 0 Å². The van der Waals surface area contributed by atoms with Crippen LogP contribution < -0.4 is 10.6 Å². The molecule has 2 amide bonds. The van der Waals surface area contributed by atoms with E-state index in [0.717, 1.165) is 28.1 Å². The number of carbonyl (C=O) groups is 2. The zero-order valence-corrected chi connectivity index (χ0v) is 23.0. The van der Waals surface area contributed by atoms with E-state index in [0.29, 0.717) is 5.02 Å². The van der Waals surface area contributed by atoms with E-state index >= 15 is 0 Å². The molecule has 0 aliphatic rings. The summed E-state index contributed by atoms with van der Waals surface area (Å²) in [5, 5.41) is 12.7. The number of carbonyl (C=O) groups excluding carboxylic acids is 2. The molecular formula is C27H33ClF3N5O3. The van der Waals surface area contributed by atoms with Gasteiger partial charge < -0.3 is 20.3 Å². The molecule has 0 bridgehead atoms. The number of nitrogens with one attached hydrogen (secondary N) is 3. The summed E-state index contributed by atoms with van der Waals surface area (Å²) >= 11 is 6.20. The minimum Gasteiger partial charge on any atom is -0.464 e. The first kappa shape index (κ1) is 31.6. The predicted molar refractivity (Wildman–Crippen MR) is 144 cm³/mol. The minimum absolute atomic E-state index is 0.0622. The van der Waals surface area contributed by atoms with Crippen molar-refractivity contribution in [2.24, 2.45) is 0 Å². The molecule has 3 aromatic rings. The molecule has 12 heteroatoms. The molecule has 2 aromatic carbocycles. The first-order chi connectivity index (χ1) is 18.5. The largest absolute Gasteiger partial charge is 0.464 e. The van der Waals surface area contributed by atoms with E-state index < -0.39 is 31.0 Å². The standard InChI is InChI=1S/C17H24ClF2N3O3.C10H9FN2/c1-11-5-4-6-13(16(11)18)7-22-17(25)23(3)14(10-26-12(2)24)8-21-9-15(19)20;1-7-5-10(13-12-7)8-3-2-4-9(11)6-8/h4-6,14-15,21H,7-10H2,1-3H3,(H,22,25);2-6H,1H3,(H,12,13). The van der Waals surface area contributed by atoms with Crippen molar-refractivity contribution < 1.29 is 27.5 Å². The van der Waals surface area contributed by atoms with Crippen LogP contribution in [0.5, 0.6) is 0 Å². The number of halogens is 4. The highest BCUT2D eigenvalue weighted by Crippen LogP contribution is 2.20. The van der Waals surface area contributed by atoms with Crippen LogP contribution in [0.25, 0.3) is 11.3 Å². The van der Waals surface area contributed by atoms with E-state index in [1.807, 2.05) is 38.1 Å². The van der Waals surface area contributed by atoms with Crippen LogP contribution in [0.15, 0.2) is 48.5 Å². The quantitative estimate of drug-likeness (QED) is 0.296. The first-order valence-corrected chi connectivity index (χ1v) is 12.5. The lowest BCUT2D eigenvalue weighted by atomic mass is 10.1. The summed E-state index contributed by atoms with van der Waals surface area (Å²) < 4.78 is 42.3. The number of esters is 1. The smallest absolute Gasteiger partial charge is 0.317 e. The maximum absolute atomic E-state index is 12.8. The van der Waals surface area contributed by atoms with E-state index in [4.69, 9.17) is 16.3 Å². The van der Waals surface area contributed by atoms with Gasteiger partial charge in [-0.2, -0.15) is 5.10 Å². The molecule has 0 saturated heterocycles. The Bertz CT molecular complexity index is 1220. The Morgan fingerprint density at radius 3 is 2.46 bits per heavy atom. The Labute approximate surface area is 230 Å². The molecule has 1 unspecified atom stereocenters. The number of H-pyrrole nitrogens is 1. The number of hydrogen-bond donors (Lipinski definition) is 3. The second kappa shape index (κ2) is 15.7. The number of aromatic amines is 1. The van der Waals surface area contributed by atoms with Crippen LogP contribution in [0.3, 0.4) is 0 Å². The number of aryl methyl sites for hydroxylation is 2. The lowest BCUT2D eigenvalue weighted by Gasteiger charge is -2.28. The number of benzene rings is 2. The van der Waals surface area contributed by atoms with Crippen molar-refractivity contribution in [1.29, 1.82) is 0 Å². The summed E-state index contributed by atoms with van der Waals surface area (Å²) in [7, 11) is 1.51. The SMILES string of the molecule is CC(=O)OCC(CNCC(F)F)N(C)C(=O)NCc1cccc(C)c1Cl.Cc1cc(-c2cccc(F)c2)n[nH]1. The maximum Gasteiger partial charge on any atom is 0.317 e. The van der Waals surface area contributed by atoms with Gasteiger partial charge >= 0.3 is 12.0 Å². The van der Waals surface area contributed by atoms with Crippen molar-refractivity contribution in [1.82, 2.24) is 25.7 Å². The molecule has 0 aliphatic carbocycles. The summed E-state index contributed by atoms with van der Waals surface area (Å²) in [6, 6.07) is 12.8. The van der Waals surface area contributed by atoms with E-state index in [2.05, 4.69) is 20.8 Å². The summed E-state index contributed by atoms with van der Waals surface area (Å²) in [6.45, 7) is 4.69. The second-order valence-electron chi connectivity index (χ2n) is 8.77. The Kier molecular flexibility index (Phi) is 12.8. The molecule has 39 heavy (non-hydrogen) atoms. The highest BCUT2D eigenvalue weighted by Gasteiger charge is 2.21. The monoisotopic (exact) mass is 567 g/mol. The third kappa shape index (κ3) is 11.0. The zero-order chi connectivity index (χ0) is 28.9. The third-order valence-corrected chi connectivity index (χ3v) is 6.09. The molecule has 0 fully saturated rings. The van der Waals surface area contributed by atoms with Crippen LogP contribution in [0, 0.1) is 19.7 Å². The van der Waals surface area contributed by atoms with Crippen LogP contribution in [-0.4, -0.2) is 66.3 Å². The molecule has 0 aliphatic heterocycles. The Morgan fingerprint density at radius 1 is 1.13 bits per heavy atom. The molecule has 3 rings (SSSR count).